The first-order valence-corrected chi connectivity index (χ1v) is 9.85. The van der Waals surface area contributed by atoms with Gasteiger partial charge in [-0.2, -0.15) is 0 Å². The molecule has 1 fully saturated rings. The molecule has 0 atom stereocenters. The summed E-state index contributed by atoms with van der Waals surface area (Å²) in [6.07, 6.45) is 1.75. The molecule has 7 heteroatoms. The number of amides is 3. The van der Waals surface area contributed by atoms with Gasteiger partial charge in [0.2, 0.25) is 11.8 Å². The van der Waals surface area contributed by atoms with Crippen LogP contribution in [-0.2, 0) is 16.1 Å². The quantitative estimate of drug-likeness (QED) is 0.750. The number of hydrogen-bond acceptors (Lipinski definition) is 4. The number of rotatable bonds is 6. The van der Waals surface area contributed by atoms with Crippen LogP contribution in [0, 0.1) is 6.92 Å². The molecule has 0 bridgehead atoms. The minimum Gasteiger partial charge on any atom is -0.459 e. The molecule has 0 aliphatic carbocycles. The fourth-order valence-electron chi connectivity index (χ4n) is 3.37. The van der Waals surface area contributed by atoms with Gasteiger partial charge in [0.05, 0.1) is 6.26 Å². The number of hydrogen-bond donors (Lipinski definition) is 0. The summed E-state index contributed by atoms with van der Waals surface area (Å²) in [4.78, 5) is 42.0. The third kappa shape index (κ3) is 5.47. The highest BCUT2D eigenvalue weighted by molar-refractivity contribution is 5.91. The van der Waals surface area contributed by atoms with Crippen LogP contribution in [0.25, 0.3) is 0 Å². The molecule has 0 unspecified atom stereocenters. The molecular weight excluding hydrogens is 370 g/mol. The Morgan fingerprint density at radius 2 is 1.66 bits per heavy atom. The maximum atomic E-state index is 12.6. The average molecular weight is 397 g/mol. The van der Waals surface area contributed by atoms with E-state index in [1.165, 1.54) is 18.8 Å². The maximum absolute atomic E-state index is 12.6. The van der Waals surface area contributed by atoms with Crippen LogP contribution in [0.3, 0.4) is 0 Å². The summed E-state index contributed by atoms with van der Waals surface area (Å²) in [6, 6.07) is 11.4. The highest BCUT2D eigenvalue weighted by Gasteiger charge is 2.26. The second-order valence-corrected chi connectivity index (χ2v) is 7.33. The van der Waals surface area contributed by atoms with Crippen molar-refractivity contribution in [2.24, 2.45) is 0 Å². The SMILES string of the molecule is CC(=O)N(CCC(=O)N1CCN(C(=O)c2ccco2)CC1)Cc1ccc(C)cc1. The van der Waals surface area contributed by atoms with Crippen molar-refractivity contribution in [3.63, 3.8) is 0 Å². The van der Waals surface area contributed by atoms with E-state index in [1.54, 1.807) is 26.8 Å². The summed E-state index contributed by atoms with van der Waals surface area (Å²) in [5.41, 5.74) is 2.21. The lowest BCUT2D eigenvalue weighted by Crippen LogP contribution is -2.51. The second kappa shape index (κ2) is 9.41. The first-order valence-electron chi connectivity index (χ1n) is 9.85. The summed E-state index contributed by atoms with van der Waals surface area (Å²) >= 11 is 0. The summed E-state index contributed by atoms with van der Waals surface area (Å²) in [5.74, 6) is 0.124. The zero-order valence-electron chi connectivity index (χ0n) is 17.0. The normalized spacial score (nSPS) is 14.0. The van der Waals surface area contributed by atoms with E-state index in [0.29, 0.717) is 45.0 Å². The molecule has 1 aromatic carbocycles. The van der Waals surface area contributed by atoms with Gasteiger partial charge in [0.15, 0.2) is 5.76 Å². The molecular formula is C22H27N3O4. The maximum Gasteiger partial charge on any atom is 0.289 e. The van der Waals surface area contributed by atoms with Gasteiger partial charge >= 0.3 is 0 Å². The molecule has 2 heterocycles. The van der Waals surface area contributed by atoms with Crippen LogP contribution in [0.4, 0.5) is 0 Å². The molecule has 2 aromatic rings. The van der Waals surface area contributed by atoms with Gasteiger partial charge in [-0.1, -0.05) is 29.8 Å². The van der Waals surface area contributed by atoms with Gasteiger partial charge in [-0.15, -0.1) is 0 Å². The molecule has 0 radical (unpaired) electrons. The van der Waals surface area contributed by atoms with Gasteiger partial charge in [-0.05, 0) is 24.6 Å². The lowest BCUT2D eigenvalue weighted by atomic mass is 10.1. The lowest BCUT2D eigenvalue weighted by molar-refractivity contribution is -0.134. The molecule has 7 nitrogen and oxygen atoms in total. The van der Waals surface area contributed by atoms with Crippen molar-refractivity contribution in [2.45, 2.75) is 26.8 Å². The Kier molecular flexibility index (Phi) is 6.69. The molecule has 1 aliphatic rings. The lowest BCUT2D eigenvalue weighted by Gasteiger charge is -2.34. The number of aryl methyl sites for hydroxylation is 1. The van der Waals surface area contributed by atoms with Crippen molar-refractivity contribution < 1.29 is 18.8 Å². The third-order valence-electron chi connectivity index (χ3n) is 5.19. The van der Waals surface area contributed by atoms with Crippen LogP contribution in [-0.4, -0.2) is 65.1 Å². The smallest absolute Gasteiger partial charge is 0.289 e. The number of furan rings is 1. The molecule has 29 heavy (non-hydrogen) atoms. The molecule has 0 spiro atoms. The molecule has 154 valence electrons. The zero-order valence-corrected chi connectivity index (χ0v) is 17.0. The fourth-order valence-corrected chi connectivity index (χ4v) is 3.37. The van der Waals surface area contributed by atoms with Crippen molar-refractivity contribution in [3.05, 3.63) is 59.5 Å². The first-order chi connectivity index (χ1) is 13.9. The van der Waals surface area contributed by atoms with Crippen LogP contribution in [0.2, 0.25) is 0 Å². The number of carbonyl (C=O) groups is 3. The van der Waals surface area contributed by atoms with Crippen LogP contribution in [0.1, 0.15) is 35.0 Å². The molecule has 1 aromatic heterocycles. The molecule has 3 rings (SSSR count). The second-order valence-electron chi connectivity index (χ2n) is 7.33. The standard InChI is InChI=1S/C22H27N3O4/c1-17-5-7-19(8-6-17)16-25(18(2)26)10-9-21(27)23-11-13-24(14-12-23)22(28)20-4-3-15-29-20/h3-8,15H,9-14,16H2,1-2H3. The van der Waals surface area contributed by atoms with E-state index in [2.05, 4.69) is 0 Å². The van der Waals surface area contributed by atoms with E-state index in [9.17, 15) is 14.4 Å². The zero-order chi connectivity index (χ0) is 20.8. The molecule has 3 amide bonds. The van der Waals surface area contributed by atoms with Crippen LogP contribution >= 0.6 is 0 Å². The Morgan fingerprint density at radius 3 is 2.24 bits per heavy atom. The summed E-state index contributed by atoms with van der Waals surface area (Å²) in [6.45, 7) is 6.36. The Labute approximate surface area is 170 Å². The predicted molar refractivity (Wildman–Crippen MR) is 108 cm³/mol. The van der Waals surface area contributed by atoms with E-state index in [0.717, 1.165) is 5.56 Å². The van der Waals surface area contributed by atoms with Gasteiger partial charge in [-0.25, -0.2) is 0 Å². The largest absolute Gasteiger partial charge is 0.459 e. The minimum atomic E-state index is -0.150. The van der Waals surface area contributed by atoms with Crippen LogP contribution in [0.15, 0.2) is 47.1 Å². The van der Waals surface area contributed by atoms with Crippen molar-refractivity contribution in [3.8, 4) is 0 Å². The van der Waals surface area contributed by atoms with Gasteiger partial charge < -0.3 is 19.1 Å². The van der Waals surface area contributed by atoms with Gasteiger partial charge in [0, 0.05) is 52.6 Å². The molecule has 1 aliphatic heterocycles. The molecule has 1 saturated heterocycles. The first kappa shape index (κ1) is 20.6. The van der Waals surface area contributed by atoms with E-state index in [-0.39, 0.29) is 24.1 Å². The fraction of sp³-hybridized carbons (Fsp3) is 0.409. The number of nitrogens with zero attached hydrogens (tertiary/aromatic N) is 3. The average Bonchev–Trinajstić information content (AvgIpc) is 3.26. The van der Waals surface area contributed by atoms with E-state index in [1.807, 2.05) is 31.2 Å². The Hall–Kier alpha value is -3.09. The van der Waals surface area contributed by atoms with Gasteiger partial charge in [-0.3, -0.25) is 14.4 Å². The summed E-state index contributed by atoms with van der Waals surface area (Å²) in [7, 11) is 0. The highest BCUT2D eigenvalue weighted by Crippen LogP contribution is 2.12. The number of benzene rings is 1. The predicted octanol–water partition coefficient (Wildman–Crippen LogP) is 2.31. The third-order valence-corrected chi connectivity index (χ3v) is 5.19. The Balaban J connectivity index is 1.47. The van der Waals surface area contributed by atoms with E-state index in [4.69, 9.17) is 4.42 Å². The molecule has 0 N–H and O–H groups in total. The van der Waals surface area contributed by atoms with E-state index >= 15 is 0 Å². The van der Waals surface area contributed by atoms with Gasteiger partial charge in [0.1, 0.15) is 0 Å². The van der Waals surface area contributed by atoms with Crippen LogP contribution in [0.5, 0.6) is 0 Å². The van der Waals surface area contributed by atoms with Crippen molar-refractivity contribution in [1.29, 1.82) is 0 Å². The van der Waals surface area contributed by atoms with Crippen molar-refractivity contribution >= 4 is 17.7 Å². The van der Waals surface area contributed by atoms with Crippen LogP contribution < -0.4 is 0 Å². The van der Waals surface area contributed by atoms with Gasteiger partial charge in [0.25, 0.3) is 5.91 Å². The monoisotopic (exact) mass is 397 g/mol. The minimum absolute atomic E-state index is 0.00486. The summed E-state index contributed by atoms with van der Waals surface area (Å²) in [5, 5.41) is 0. The topological polar surface area (TPSA) is 74.1 Å². The Morgan fingerprint density at radius 1 is 1.00 bits per heavy atom. The van der Waals surface area contributed by atoms with Crippen molar-refractivity contribution in [2.75, 3.05) is 32.7 Å². The van der Waals surface area contributed by atoms with E-state index < -0.39 is 0 Å². The highest BCUT2D eigenvalue weighted by atomic mass is 16.3. The molecule has 0 saturated carbocycles. The summed E-state index contributed by atoms with van der Waals surface area (Å²) < 4.78 is 5.16. The van der Waals surface area contributed by atoms with Crippen molar-refractivity contribution in [1.82, 2.24) is 14.7 Å². The number of carbonyl (C=O) groups excluding carboxylic acids is 3. The number of piperazine rings is 1. The Bertz CT molecular complexity index is 837.